The molecule has 1 aliphatic heterocycles. The van der Waals surface area contributed by atoms with Gasteiger partial charge >= 0.3 is 0 Å². The van der Waals surface area contributed by atoms with Crippen molar-refractivity contribution < 1.29 is 9.72 Å². The fourth-order valence-electron chi connectivity index (χ4n) is 2.66. The average molecular weight is 291 g/mol. The molecule has 2 atom stereocenters. The van der Waals surface area contributed by atoms with Gasteiger partial charge in [0, 0.05) is 24.7 Å². The maximum Gasteiger partial charge on any atom is 0.269 e. The van der Waals surface area contributed by atoms with Crippen molar-refractivity contribution in [2.45, 2.75) is 44.7 Å². The van der Waals surface area contributed by atoms with Gasteiger partial charge in [0.15, 0.2) is 0 Å². The zero-order valence-corrected chi connectivity index (χ0v) is 12.2. The van der Waals surface area contributed by atoms with Gasteiger partial charge in [-0.15, -0.1) is 0 Å². The van der Waals surface area contributed by atoms with Gasteiger partial charge in [0.2, 0.25) is 5.91 Å². The largest absolute Gasteiger partial charge is 0.355 e. The molecule has 6 nitrogen and oxygen atoms in total. The third-order valence-corrected chi connectivity index (χ3v) is 3.75. The highest BCUT2D eigenvalue weighted by Crippen LogP contribution is 2.24. The second-order valence-corrected chi connectivity index (χ2v) is 5.35. The molecule has 0 saturated carbocycles. The molecule has 114 valence electrons. The van der Waals surface area contributed by atoms with Crippen molar-refractivity contribution in [3.63, 3.8) is 0 Å². The number of rotatable bonds is 6. The van der Waals surface area contributed by atoms with Crippen LogP contribution in [0.25, 0.3) is 0 Å². The van der Waals surface area contributed by atoms with Gasteiger partial charge in [0.1, 0.15) is 0 Å². The zero-order valence-electron chi connectivity index (χ0n) is 12.2. The SMILES string of the molecule is CCCC(NC1CCCNC1=O)c1cccc([N+](=O)[O-])c1. The fourth-order valence-corrected chi connectivity index (χ4v) is 2.66. The summed E-state index contributed by atoms with van der Waals surface area (Å²) in [5.74, 6) is 0.0211. The number of hydrogen-bond donors (Lipinski definition) is 2. The average Bonchev–Trinajstić information content (AvgIpc) is 2.49. The topological polar surface area (TPSA) is 84.3 Å². The Morgan fingerprint density at radius 1 is 1.52 bits per heavy atom. The highest BCUT2D eigenvalue weighted by atomic mass is 16.6. The summed E-state index contributed by atoms with van der Waals surface area (Å²) in [4.78, 5) is 22.4. The molecule has 0 radical (unpaired) electrons. The van der Waals surface area contributed by atoms with Crippen molar-refractivity contribution in [2.24, 2.45) is 0 Å². The molecule has 1 aliphatic rings. The van der Waals surface area contributed by atoms with E-state index in [-0.39, 0.29) is 28.6 Å². The number of benzene rings is 1. The van der Waals surface area contributed by atoms with E-state index in [0.717, 1.165) is 37.8 Å². The molecule has 1 heterocycles. The summed E-state index contributed by atoms with van der Waals surface area (Å²) < 4.78 is 0. The lowest BCUT2D eigenvalue weighted by Gasteiger charge is -2.28. The van der Waals surface area contributed by atoms with Crippen molar-refractivity contribution in [1.29, 1.82) is 0 Å². The number of carbonyl (C=O) groups is 1. The van der Waals surface area contributed by atoms with Gasteiger partial charge in [0.25, 0.3) is 5.69 Å². The van der Waals surface area contributed by atoms with Crippen LogP contribution in [-0.4, -0.2) is 23.4 Å². The molecule has 2 rings (SSSR count). The molecular formula is C15H21N3O3. The van der Waals surface area contributed by atoms with Crippen LogP contribution >= 0.6 is 0 Å². The first-order valence-corrected chi connectivity index (χ1v) is 7.40. The monoisotopic (exact) mass is 291 g/mol. The van der Waals surface area contributed by atoms with Crippen molar-refractivity contribution in [3.8, 4) is 0 Å². The Morgan fingerprint density at radius 3 is 3.00 bits per heavy atom. The van der Waals surface area contributed by atoms with Crippen LogP contribution in [0.5, 0.6) is 0 Å². The van der Waals surface area contributed by atoms with Gasteiger partial charge in [0.05, 0.1) is 11.0 Å². The van der Waals surface area contributed by atoms with Crippen LogP contribution in [0.4, 0.5) is 5.69 Å². The summed E-state index contributed by atoms with van der Waals surface area (Å²) in [5, 5.41) is 17.1. The minimum Gasteiger partial charge on any atom is -0.355 e. The molecule has 1 amide bonds. The quantitative estimate of drug-likeness (QED) is 0.622. The lowest BCUT2D eigenvalue weighted by atomic mass is 9.98. The molecule has 6 heteroatoms. The molecule has 21 heavy (non-hydrogen) atoms. The van der Waals surface area contributed by atoms with Crippen molar-refractivity contribution in [1.82, 2.24) is 10.6 Å². The van der Waals surface area contributed by atoms with Gasteiger partial charge in [-0.25, -0.2) is 0 Å². The summed E-state index contributed by atoms with van der Waals surface area (Å²) >= 11 is 0. The second kappa shape index (κ2) is 7.17. The molecule has 0 aliphatic carbocycles. The molecule has 2 N–H and O–H groups in total. The molecular weight excluding hydrogens is 270 g/mol. The van der Waals surface area contributed by atoms with E-state index < -0.39 is 0 Å². The van der Waals surface area contributed by atoms with Crippen LogP contribution in [0.2, 0.25) is 0 Å². The Kier molecular flexibility index (Phi) is 5.27. The summed E-state index contributed by atoms with van der Waals surface area (Å²) in [6.45, 7) is 2.79. The molecule has 1 saturated heterocycles. The molecule has 0 bridgehead atoms. The smallest absolute Gasteiger partial charge is 0.269 e. The Bertz CT molecular complexity index is 519. The predicted molar refractivity (Wildman–Crippen MR) is 79.9 cm³/mol. The molecule has 1 fully saturated rings. The first kappa shape index (κ1) is 15.4. The normalized spacial score (nSPS) is 19.9. The first-order valence-electron chi connectivity index (χ1n) is 7.40. The van der Waals surface area contributed by atoms with E-state index in [4.69, 9.17) is 0 Å². The van der Waals surface area contributed by atoms with E-state index in [1.165, 1.54) is 6.07 Å². The number of amides is 1. The molecule has 1 aromatic rings. The van der Waals surface area contributed by atoms with E-state index >= 15 is 0 Å². The summed E-state index contributed by atoms with van der Waals surface area (Å²) in [5.41, 5.74) is 0.952. The standard InChI is InChI=1S/C15H21N3O3/c1-2-5-13(17-14-8-4-9-16-15(14)19)11-6-3-7-12(10-11)18(20)21/h3,6-7,10,13-14,17H,2,4-5,8-9H2,1H3,(H,16,19). The van der Waals surface area contributed by atoms with E-state index in [2.05, 4.69) is 17.6 Å². The maximum atomic E-state index is 11.9. The van der Waals surface area contributed by atoms with Crippen LogP contribution in [-0.2, 0) is 4.79 Å². The minimum absolute atomic E-state index is 0.0211. The number of piperidine rings is 1. The van der Waals surface area contributed by atoms with E-state index in [1.54, 1.807) is 12.1 Å². The van der Waals surface area contributed by atoms with Crippen LogP contribution in [0.3, 0.4) is 0 Å². The maximum absolute atomic E-state index is 11.9. The summed E-state index contributed by atoms with van der Waals surface area (Å²) in [6, 6.07) is 6.39. The van der Waals surface area contributed by atoms with Crippen LogP contribution in [0.15, 0.2) is 24.3 Å². The van der Waals surface area contributed by atoms with Crippen molar-refractivity contribution in [3.05, 3.63) is 39.9 Å². The molecule has 2 unspecified atom stereocenters. The number of carbonyl (C=O) groups excluding carboxylic acids is 1. The van der Waals surface area contributed by atoms with Gasteiger partial charge in [-0.2, -0.15) is 0 Å². The van der Waals surface area contributed by atoms with Crippen LogP contribution < -0.4 is 10.6 Å². The number of non-ortho nitro benzene ring substituents is 1. The third-order valence-electron chi connectivity index (χ3n) is 3.75. The number of nitro groups is 1. The van der Waals surface area contributed by atoms with E-state index in [1.807, 2.05) is 6.07 Å². The zero-order chi connectivity index (χ0) is 15.2. The highest BCUT2D eigenvalue weighted by Gasteiger charge is 2.25. The van der Waals surface area contributed by atoms with Crippen LogP contribution in [0, 0.1) is 10.1 Å². The lowest BCUT2D eigenvalue weighted by Crippen LogP contribution is -2.49. The first-order chi connectivity index (χ1) is 10.1. The summed E-state index contributed by atoms with van der Waals surface area (Å²) in [7, 11) is 0. The number of nitro benzene ring substituents is 1. The van der Waals surface area contributed by atoms with Crippen molar-refractivity contribution >= 4 is 11.6 Å². The van der Waals surface area contributed by atoms with Gasteiger partial charge in [-0.05, 0) is 24.8 Å². The Labute approximate surface area is 124 Å². The molecule has 0 spiro atoms. The van der Waals surface area contributed by atoms with E-state index in [0.29, 0.717) is 0 Å². The number of hydrogen-bond acceptors (Lipinski definition) is 4. The molecule has 0 aromatic heterocycles. The Balaban J connectivity index is 2.15. The number of nitrogens with zero attached hydrogens (tertiary/aromatic N) is 1. The highest BCUT2D eigenvalue weighted by molar-refractivity contribution is 5.82. The van der Waals surface area contributed by atoms with Crippen molar-refractivity contribution in [2.75, 3.05) is 6.54 Å². The Hall–Kier alpha value is -1.95. The van der Waals surface area contributed by atoms with Gasteiger partial charge < -0.3 is 5.32 Å². The fraction of sp³-hybridized carbons (Fsp3) is 0.533. The third kappa shape index (κ3) is 4.01. The second-order valence-electron chi connectivity index (χ2n) is 5.35. The molecule has 1 aromatic carbocycles. The lowest BCUT2D eigenvalue weighted by molar-refractivity contribution is -0.384. The minimum atomic E-state index is -0.389. The summed E-state index contributed by atoms with van der Waals surface area (Å²) in [6.07, 6.45) is 3.54. The predicted octanol–water partition coefficient (Wildman–Crippen LogP) is 2.30. The van der Waals surface area contributed by atoms with Gasteiger partial charge in [-0.1, -0.05) is 25.5 Å². The van der Waals surface area contributed by atoms with Crippen LogP contribution in [0.1, 0.15) is 44.2 Å². The van der Waals surface area contributed by atoms with Gasteiger partial charge in [-0.3, -0.25) is 20.2 Å². The van der Waals surface area contributed by atoms with E-state index in [9.17, 15) is 14.9 Å². The number of nitrogens with one attached hydrogen (secondary N) is 2. The Morgan fingerprint density at radius 2 is 2.33 bits per heavy atom.